The standard InChI is InChI=1S/C9H10BrN5/c1-15-9(6(10)4-14-15)8(11)7-2-3-12-5-13-7/h2-5,8H,11H2,1H3. The Morgan fingerprint density at radius 2 is 2.33 bits per heavy atom. The van der Waals surface area contributed by atoms with Gasteiger partial charge in [0.2, 0.25) is 0 Å². The predicted octanol–water partition coefficient (Wildman–Crippen LogP) is 1.02. The van der Waals surface area contributed by atoms with Crippen molar-refractivity contribution >= 4 is 15.9 Å². The smallest absolute Gasteiger partial charge is 0.115 e. The van der Waals surface area contributed by atoms with Gasteiger partial charge in [0.25, 0.3) is 0 Å². The Balaban J connectivity index is 2.41. The van der Waals surface area contributed by atoms with E-state index in [0.717, 1.165) is 15.9 Å². The van der Waals surface area contributed by atoms with Crippen LogP contribution in [-0.2, 0) is 7.05 Å². The van der Waals surface area contributed by atoms with E-state index in [0.29, 0.717) is 0 Å². The summed E-state index contributed by atoms with van der Waals surface area (Å²) in [6, 6.07) is 1.50. The van der Waals surface area contributed by atoms with Crippen LogP contribution in [0.5, 0.6) is 0 Å². The lowest BCUT2D eigenvalue weighted by molar-refractivity contribution is 0.660. The van der Waals surface area contributed by atoms with Gasteiger partial charge >= 0.3 is 0 Å². The molecule has 2 heterocycles. The molecule has 0 fully saturated rings. The van der Waals surface area contributed by atoms with Crippen LogP contribution in [0.2, 0.25) is 0 Å². The van der Waals surface area contributed by atoms with Crippen molar-refractivity contribution in [3.8, 4) is 0 Å². The number of nitrogens with zero attached hydrogens (tertiary/aromatic N) is 4. The van der Waals surface area contributed by atoms with E-state index in [2.05, 4.69) is 31.0 Å². The van der Waals surface area contributed by atoms with E-state index in [-0.39, 0.29) is 6.04 Å². The summed E-state index contributed by atoms with van der Waals surface area (Å²) in [4.78, 5) is 7.97. The minimum atomic E-state index is -0.296. The highest BCUT2D eigenvalue weighted by Crippen LogP contribution is 2.24. The van der Waals surface area contributed by atoms with Crippen molar-refractivity contribution in [1.82, 2.24) is 19.7 Å². The Labute approximate surface area is 95.5 Å². The molecule has 0 saturated carbocycles. The molecule has 0 spiro atoms. The molecular formula is C9H10BrN5. The molecule has 0 aliphatic rings. The van der Waals surface area contributed by atoms with Gasteiger partial charge in [0, 0.05) is 13.2 Å². The Hall–Kier alpha value is -1.27. The van der Waals surface area contributed by atoms with Gasteiger partial charge in [-0.15, -0.1) is 0 Å². The molecule has 0 aliphatic carbocycles. The van der Waals surface area contributed by atoms with Gasteiger partial charge in [-0.3, -0.25) is 4.68 Å². The maximum atomic E-state index is 6.08. The molecule has 2 aromatic rings. The molecule has 1 unspecified atom stereocenters. The second kappa shape index (κ2) is 4.08. The van der Waals surface area contributed by atoms with Crippen molar-refractivity contribution in [1.29, 1.82) is 0 Å². The first kappa shape index (κ1) is 10.3. The molecule has 2 rings (SSSR count). The van der Waals surface area contributed by atoms with Gasteiger partial charge < -0.3 is 5.73 Å². The predicted molar refractivity (Wildman–Crippen MR) is 59.0 cm³/mol. The monoisotopic (exact) mass is 267 g/mol. The maximum absolute atomic E-state index is 6.08. The summed E-state index contributed by atoms with van der Waals surface area (Å²) in [5.41, 5.74) is 7.75. The van der Waals surface area contributed by atoms with Crippen LogP contribution in [0.4, 0.5) is 0 Å². The highest BCUT2D eigenvalue weighted by Gasteiger charge is 2.17. The van der Waals surface area contributed by atoms with Crippen LogP contribution >= 0.6 is 15.9 Å². The van der Waals surface area contributed by atoms with Crippen LogP contribution in [0.1, 0.15) is 17.4 Å². The number of hydrogen-bond acceptors (Lipinski definition) is 4. The Morgan fingerprint density at radius 1 is 1.53 bits per heavy atom. The summed E-state index contributed by atoms with van der Waals surface area (Å²) in [7, 11) is 1.85. The Morgan fingerprint density at radius 3 is 2.87 bits per heavy atom. The lowest BCUT2D eigenvalue weighted by Crippen LogP contribution is -2.17. The third-order valence-electron chi connectivity index (χ3n) is 2.16. The number of halogens is 1. The number of aryl methyl sites for hydroxylation is 1. The minimum Gasteiger partial charge on any atom is -0.318 e. The van der Waals surface area contributed by atoms with Crippen LogP contribution in [0.3, 0.4) is 0 Å². The topological polar surface area (TPSA) is 69.6 Å². The van der Waals surface area contributed by atoms with Crippen LogP contribution in [0, 0.1) is 0 Å². The van der Waals surface area contributed by atoms with Gasteiger partial charge in [0.15, 0.2) is 0 Å². The quantitative estimate of drug-likeness (QED) is 0.882. The second-order valence-corrected chi connectivity index (χ2v) is 3.97. The van der Waals surface area contributed by atoms with Gasteiger partial charge in [-0.05, 0) is 22.0 Å². The summed E-state index contributed by atoms with van der Waals surface area (Å²) >= 11 is 3.41. The van der Waals surface area contributed by atoms with E-state index in [4.69, 9.17) is 5.73 Å². The van der Waals surface area contributed by atoms with Gasteiger partial charge in [-0.1, -0.05) is 0 Å². The number of hydrogen-bond donors (Lipinski definition) is 1. The fourth-order valence-corrected chi connectivity index (χ4v) is 1.99. The lowest BCUT2D eigenvalue weighted by Gasteiger charge is -2.11. The molecule has 78 valence electrons. The first-order valence-electron chi connectivity index (χ1n) is 4.39. The molecule has 0 radical (unpaired) electrons. The molecular weight excluding hydrogens is 258 g/mol. The van der Waals surface area contributed by atoms with Gasteiger partial charge in [-0.2, -0.15) is 5.10 Å². The molecule has 0 saturated heterocycles. The van der Waals surface area contributed by atoms with E-state index < -0.39 is 0 Å². The zero-order chi connectivity index (χ0) is 10.8. The normalized spacial score (nSPS) is 12.7. The molecule has 1 atom stereocenters. The maximum Gasteiger partial charge on any atom is 0.115 e. The average molecular weight is 268 g/mol. The summed E-state index contributed by atoms with van der Waals surface area (Å²) < 4.78 is 2.62. The number of rotatable bonds is 2. The summed E-state index contributed by atoms with van der Waals surface area (Å²) in [5.74, 6) is 0. The molecule has 2 aromatic heterocycles. The molecule has 0 bridgehead atoms. The van der Waals surface area contributed by atoms with Gasteiger partial charge in [0.05, 0.1) is 28.1 Å². The Bertz CT molecular complexity index is 433. The molecule has 2 N–H and O–H groups in total. The van der Waals surface area contributed by atoms with Crippen LogP contribution < -0.4 is 5.73 Å². The summed E-state index contributed by atoms with van der Waals surface area (Å²) in [5, 5.41) is 4.11. The first-order chi connectivity index (χ1) is 7.20. The fourth-order valence-electron chi connectivity index (χ4n) is 1.40. The SMILES string of the molecule is Cn1ncc(Br)c1C(N)c1ccncn1. The van der Waals surface area contributed by atoms with Crippen molar-refractivity contribution in [3.05, 3.63) is 40.6 Å². The van der Waals surface area contributed by atoms with Crippen molar-refractivity contribution < 1.29 is 0 Å². The molecule has 0 aliphatic heterocycles. The van der Waals surface area contributed by atoms with Gasteiger partial charge in [0.1, 0.15) is 6.33 Å². The number of nitrogens with two attached hydrogens (primary N) is 1. The Kier molecular flexibility index (Phi) is 2.79. The third kappa shape index (κ3) is 1.91. The van der Waals surface area contributed by atoms with E-state index in [1.165, 1.54) is 6.33 Å². The largest absolute Gasteiger partial charge is 0.318 e. The van der Waals surface area contributed by atoms with E-state index >= 15 is 0 Å². The lowest BCUT2D eigenvalue weighted by atomic mass is 10.1. The third-order valence-corrected chi connectivity index (χ3v) is 2.77. The molecule has 5 nitrogen and oxygen atoms in total. The first-order valence-corrected chi connectivity index (χ1v) is 5.18. The summed E-state index contributed by atoms with van der Waals surface area (Å²) in [6.07, 6.45) is 4.88. The van der Waals surface area contributed by atoms with E-state index in [1.807, 2.05) is 7.05 Å². The minimum absolute atomic E-state index is 0.296. The van der Waals surface area contributed by atoms with Crippen LogP contribution in [0.25, 0.3) is 0 Å². The van der Waals surface area contributed by atoms with E-state index in [1.54, 1.807) is 23.1 Å². The van der Waals surface area contributed by atoms with Crippen LogP contribution in [0.15, 0.2) is 29.3 Å². The number of aromatic nitrogens is 4. The molecule has 0 amide bonds. The summed E-state index contributed by atoms with van der Waals surface area (Å²) in [6.45, 7) is 0. The fraction of sp³-hybridized carbons (Fsp3) is 0.222. The van der Waals surface area contributed by atoms with Gasteiger partial charge in [-0.25, -0.2) is 9.97 Å². The van der Waals surface area contributed by atoms with Crippen molar-refractivity contribution in [2.75, 3.05) is 0 Å². The van der Waals surface area contributed by atoms with Crippen molar-refractivity contribution in [2.45, 2.75) is 6.04 Å². The molecule has 15 heavy (non-hydrogen) atoms. The molecule has 0 aromatic carbocycles. The van der Waals surface area contributed by atoms with Crippen molar-refractivity contribution in [2.24, 2.45) is 12.8 Å². The molecule has 6 heteroatoms. The zero-order valence-corrected chi connectivity index (χ0v) is 9.72. The van der Waals surface area contributed by atoms with Crippen LogP contribution in [-0.4, -0.2) is 19.7 Å². The average Bonchev–Trinajstić information content (AvgIpc) is 2.59. The zero-order valence-electron chi connectivity index (χ0n) is 8.13. The highest BCUT2D eigenvalue weighted by molar-refractivity contribution is 9.10. The highest BCUT2D eigenvalue weighted by atomic mass is 79.9. The van der Waals surface area contributed by atoms with E-state index in [9.17, 15) is 0 Å². The second-order valence-electron chi connectivity index (χ2n) is 3.11. The van der Waals surface area contributed by atoms with Crippen molar-refractivity contribution in [3.63, 3.8) is 0 Å².